The first-order valence-corrected chi connectivity index (χ1v) is 6.35. The molecule has 5 heteroatoms. The highest BCUT2D eigenvalue weighted by Gasteiger charge is 2.13. The molecule has 3 N–H and O–H groups in total. The van der Waals surface area contributed by atoms with Crippen LogP contribution in [0.25, 0.3) is 11.0 Å². The zero-order valence-corrected chi connectivity index (χ0v) is 11.4. The molecular formula is C15H16N4O. The van der Waals surface area contributed by atoms with E-state index in [0.29, 0.717) is 5.69 Å². The Morgan fingerprint density at radius 2 is 1.75 bits per heavy atom. The van der Waals surface area contributed by atoms with E-state index >= 15 is 0 Å². The van der Waals surface area contributed by atoms with Crippen molar-refractivity contribution in [3.63, 3.8) is 0 Å². The molecule has 5 nitrogen and oxygen atoms in total. The molecule has 2 aromatic carbocycles. The number of anilines is 3. The van der Waals surface area contributed by atoms with Gasteiger partial charge in [0.15, 0.2) is 0 Å². The molecule has 0 atom stereocenters. The minimum absolute atomic E-state index is 0.0679. The van der Waals surface area contributed by atoms with E-state index < -0.39 is 0 Å². The van der Waals surface area contributed by atoms with E-state index in [0.717, 1.165) is 22.4 Å². The summed E-state index contributed by atoms with van der Waals surface area (Å²) in [6.07, 6.45) is 0. The number of fused-ring (bicyclic) bond motifs is 1. The average Bonchev–Trinajstić information content (AvgIpc) is 2.65. The zero-order valence-electron chi connectivity index (χ0n) is 11.4. The Bertz CT molecular complexity index is 830. The number of nitrogen functional groups attached to an aromatic ring is 1. The molecule has 0 saturated carbocycles. The average molecular weight is 268 g/mol. The molecule has 102 valence electrons. The quantitative estimate of drug-likeness (QED) is 0.700. The third-order valence-electron chi connectivity index (χ3n) is 3.44. The number of hydrogen-bond donors (Lipinski definition) is 2. The molecule has 0 saturated heterocycles. The van der Waals surface area contributed by atoms with Gasteiger partial charge in [-0.15, -0.1) is 0 Å². The molecule has 0 aliphatic rings. The molecule has 1 aromatic heterocycles. The van der Waals surface area contributed by atoms with Crippen molar-refractivity contribution < 1.29 is 0 Å². The monoisotopic (exact) mass is 268 g/mol. The number of imidazole rings is 1. The van der Waals surface area contributed by atoms with Gasteiger partial charge in [-0.2, -0.15) is 0 Å². The third-order valence-corrected chi connectivity index (χ3v) is 3.44. The van der Waals surface area contributed by atoms with Crippen LogP contribution in [0.5, 0.6) is 0 Å². The lowest BCUT2D eigenvalue weighted by Gasteiger charge is -2.10. The Labute approximate surface area is 116 Å². The molecule has 0 amide bonds. The number of nitrogens with zero attached hydrogens (tertiary/aromatic N) is 2. The summed E-state index contributed by atoms with van der Waals surface area (Å²) in [5.41, 5.74) is 9.93. The van der Waals surface area contributed by atoms with Crippen molar-refractivity contribution in [1.29, 1.82) is 0 Å². The van der Waals surface area contributed by atoms with Crippen molar-refractivity contribution in [2.75, 3.05) is 11.1 Å². The van der Waals surface area contributed by atoms with Crippen LogP contribution in [0.15, 0.2) is 47.3 Å². The van der Waals surface area contributed by atoms with Gasteiger partial charge in [-0.05, 0) is 24.3 Å². The molecular weight excluding hydrogens is 252 g/mol. The Morgan fingerprint density at radius 1 is 1.05 bits per heavy atom. The fraction of sp³-hybridized carbons (Fsp3) is 0.133. The number of nitrogens with two attached hydrogens (primary N) is 1. The summed E-state index contributed by atoms with van der Waals surface area (Å²) in [4.78, 5) is 12.1. The highest BCUT2D eigenvalue weighted by Crippen LogP contribution is 2.28. The van der Waals surface area contributed by atoms with Crippen molar-refractivity contribution >= 4 is 28.1 Å². The van der Waals surface area contributed by atoms with Crippen molar-refractivity contribution in [2.24, 2.45) is 14.1 Å². The first-order chi connectivity index (χ1) is 9.58. The molecule has 0 aliphatic heterocycles. The number of nitrogens with one attached hydrogen (secondary N) is 1. The Kier molecular flexibility index (Phi) is 2.75. The third kappa shape index (κ3) is 1.84. The molecule has 0 aliphatic carbocycles. The lowest BCUT2D eigenvalue weighted by Crippen LogP contribution is -2.19. The van der Waals surface area contributed by atoms with Crippen LogP contribution in [0.4, 0.5) is 17.1 Å². The van der Waals surface area contributed by atoms with E-state index in [9.17, 15) is 4.79 Å². The van der Waals surface area contributed by atoms with Gasteiger partial charge in [0.1, 0.15) is 0 Å². The molecule has 0 radical (unpaired) electrons. The summed E-state index contributed by atoms with van der Waals surface area (Å²) >= 11 is 0. The summed E-state index contributed by atoms with van der Waals surface area (Å²) in [5, 5.41) is 3.32. The van der Waals surface area contributed by atoms with Crippen LogP contribution in [-0.4, -0.2) is 9.13 Å². The fourth-order valence-corrected chi connectivity index (χ4v) is 2.45. The number of aryl methyl sites for hydroxylation is 2. The Balaban J connectivity index is 2.25. The predicted octanol–water partition coefficient (Wildman–Crippen LogP) is 2.20. The highest BCUT2D eigenvalue weighted by molar-refractivity contribution is 5.94. The highest BCUT2D eigenvalue weighted by atomic mass is 16.1. The standard InChI is InChI=1S/C15H16N4O/c1-18-13-9-10(16)8-12(14(13)19(2)15(18)20)17-11-6-4-3-5-7-11/h3-9,17H,16H2,1-2H3. The van der Waals surface area contributed by atoms with Crippen molar-refractivity contribution in [1.82, 2.24) is 9.13 Å². The van der Waals surface area contributed by atoms with Crippen molar-refractivity contribution in [3.8, 4) is 0 Å². The van der Waals surface area contributed by atoms with Gasteiger partial charge >= 0.3 is 5.69 Å². The number of benzene rings is 2. The smallest absolute Gasteiger partial charge is 0.328 e. The SMILES string of the molecule is Cn1c(=O)n(C)c2c(Nc3ccccc3)cc(N)cc21. The van der Waals surface area contributed by atoms with Crippen LogP contribution in [0.3, 0.4) is 0 Å². The molecule has 3 rings (SSSR count). The molecule has 0 bridgehead atoms. The van der Waals surface area contributed by atoms with Gasteiger partial charge in [0.2, 0.25) is 0 Å². The number of para-hydroxylation sites is 1. The minimum atomic E-state index is -0.0679. The molecule has 20 heavy (non-hydrogen) atoms. The Morgan fingerprint density at radius 3 is 2.45 bits per heavy atom. The second-order valence-corrected chi connectivity index (χ2v) is 4.83. The molecule has 1 heterocycles. The van der Waals surface area contributed by atoms with E-state index in [1.54, 1.807) is 23.2 Å². The maximum absolute atomic E-state index is 12.1. The van der Waals surface area contributed by atoms with Gasteiger partial charge in [-0.25, -0.2) is 4.79 Å². The number of hydrogen-bond acceptors (Lipinski definition) is 3. The fourth-order valence-electron chi connectivity index (χ4n) is 2.45. The van der Waals surface area contributed by atoms with Gasteiger partial charge in [-0.3, -0.25) is 9.13 Å². The number of rotatable bonds is 2. The van der Waals surface area contributed by atoms with E-state index in [2.05, 4.69) is 5.32 Å². The lowest BCUT2D eigenvalue weighted by molar-refractivity contribution is 0.795. The Hall–Kier alpha value is -2.69. The molecule has 0 spiro atoms. The van der Waals surface area contributed by atoms with Gasteiger partial charge in [0, 0.05) is 25.5 Å². The van der Waals surface area contributed by atoms with Gasteiger partial charge in [0.05, 0.1) is 16.7 Å². The maximum Gasteiger partial charge on any atom is 0.328 e. The van der Waals surface area contributed by atoms with Crippen LogP contribution in [-0.2, 0) is 14.1 Å². The topological polar surface area (TPSA) is 65.0 Å². The zero-order chi connectivity index (χ0) is 14.3. The lowest BCUT2D eigenvalue weighted by atomic mass is 10.2. The van der Waals surface area contributed by atoms with Crippen LogP contribution in [0.2, 0.25) is 0 Å². The van der Waals surface area contributed by atoms with Crippen molar-refractivity contribution in [2.45, 2.75) is 0 Å². The normalized spacial score (nSPS) is 10.9. The largest absolute Gasteiger partial charge is 0.399 e. The summed E-state index contributed by atoms with van der Waals surface area (Å²) in [6, 6.07) is 13.5. The molecule has 0 fully saturated rings. The van der Waals surface area contributed by atoms with E-state index in [1.807, 2.05) is 42.5 Å². The second kappa shape index (κ2) is 4.45. The van der Waals surface area contributed by atoms with Crippen LogP contribution in [0, 0.1) is 0 Å². The predicted molar refractivity (Wildman–Crippen MR) is 82.3 cm³/mol. The summed E-state index contributed by atoms with van der Waals surface area (Å²) < 4.78 is 3.22. The van der Waals surface area contributed by atoms with Gasteiger partial charge < -0.3 is 11.1 Å². The summed E-state index contributed by atoms with van der Waals surface area (Å²) in [7, 11) is 3.51. The first kappa shape index (κ1) is 12.3. The van der Waals surface area contributed by atoms with E-state index in [-0.39, 0.29) is 5.69 Å². The van der Waals surface area contributed by atoms with E-state index in [1.165, 1.54) is 0 Å². The first-order valence-electron chi connectivity index (χ1n) is 6.35. The van der Waals surface area contributed by atoms with E-state index in [4.69, 9.17) is 5.73 Å². The van der Waals surface area contributed by atoms with Gasteiger partial charge in [0.25, 0.3) is 0 Å². The molecule has 3 aromatic rings. The maximum atomic E-state index is 12.1. The molecule has 0 unspecified atom stereocenters. The number of aromatic nitrogens is 2. The van der Waals surface area contributed by atoms with Crippen LogP contribution < -0.4 is 16.7 Å². The van der Waals surface area contributed by atoms with Crippen LogP contribution >= 0.6 is 0 Å². The van der Waals surface area contributed by atoms with Crippen LogP contribution in [0.1, 0.15) is 0 Å². The van der Waals surface area contributed by atoms with Gasteiger partial charge in [-0.1, -0.05) is 18.2 Å². The van der Waals surface area contributed by atoms with Crippen molar-refractivity contribution in [3.05, 3.63) is 52.9 Å². The second-order valence-electron chi connectivity index (χ2n) is 4.83. The minimum Gasteiger partial charge on any atom is -0.399 e. The summed E-state index contributed by atoms with van der Waals surface area (Å²) in [6.45, 7) is 0. The summed E-state index contributed by atoms with van der Waals surface area (Å²) in [5.74, 6) is 0.